The number of hydrogen-bond acceptors (Lipinski definition) is 4. The lowest BCUT2D eigenvalue weighted by Crippen LogP contribution is -2.20. The molecular formula is C10H12N2O2S. The van der Waals surface area contributed by atoms with E-state index in [-0.39, 0.29) is 5.69 Å². The second-order valence-corrected chi connectivity index (χ2v) is 4.32. The summed E-state index contributed by atoms with van der Waals surface area (Å²) < 4.78 is 0. The van der Waals surface area contributed by atoms with Gasteiger partial charge in [0, 0.05) is 6.04 Å². The number of rotatable bonds is 3. The molecule has 1 atom stereocenters. The molecule has 0 saturated carbocycles. The van der Waals surface area contributed by atoms with E-state index in [4.69, 9.17) is 5.11 Å². The Kier molecular flexibility index (Phi) is 3.01. The minimum atomic E-state index is -0.967. The number of thiazole rings is 1. The number of hydrogen-bond donors (Lipinski definition) is 2. The molecule has 2 N–H and O–H groups in total. The largest absolute Gasteiger partial charge is 0.476 e. The number of aromatic carboxylic acids is 1. The summed E-state index contributed by atoms with van der Waals surface area (Å²) >= 11 is 1.34. The van der Waals surface area contributed by atoms with Gasteiger partial charge in [-0.1, -0.05) is 12.2 Å². The smallest absolute Gasteiger partial charge is 0.357 e. The first kappa shape index (κ1) is 10.2. The van der Waals surface area contributed by atoms with Gasteiger partial charge in [-0.3, -0.25) is 0 Å². The van der Waals surface area contributed by atoms with Gasteiger partial charge < -0.3 is 10.4 Å². The van der Waals surface area contributed by atoms with Crippen LogP contribution in [0.15, 0.2) is 17.7 Å². The number of carboxylic acids is 1. The highest BCUT2D eigenvalue weighted by molar-refractivity contribution is 7.14. The van der Waals surface area contributed by atoms with Crippen LogP contribution in [0.4, 0.5) is 5.00 Å². The van der Waals surface area contributed by atoms with Crippen LogP contribution in [-0.4, -0.2) is 22.1 Å². The Hall–Kier alpha value is -1.36. The van der Waals surface area contributed by atoms with Gasteiger partial charge >= 0.3 is 5.97 Å². The van der Waals surface area contributed by atoms with Gasteiger partial charge in [0.25, 0.3) is 0 Å². The fraction of sp³-hybridized carbons (Fsp3) is 0.400. The lowest BCUT2D eigenvalue weighted by molar-refractivity contribution is 0.0692. The van der Waals surface area contributed by atoms with Crippen LogP contribution in [0.3, 0.4) is 0 Å². The molecule has 2 rings (SSSR count). The molecule has 1 aliphatic carbocycles. The van der Waals surface area contributed by atoms with Crippen molar-refractivity contribution in [2.45, 2.75) is 25.3 Å². The molecule has 80 valence electrons. The Bertz CT molecular complexity index is 387. The van der Waals surface area contributed by atoms with Crippen LogP contribution in [0.5, 0.6) is 0 Å². The summed E-state index contributed by atoms with van der Waals surface area (Å²) in [7, 11) is 0. The summed E-state index contributed by atoms with van der Waals surface area (Å²) in [6.45, 7) is 0. The Morgan fingerprint density at radius 2 is 2.47 bits per heavy atom. The first-order valence-electron chi connectivity index (χ1n) is 4.85. The van der Waals surface area contributed by atoms with Crippen LogP contribution < -0.4 is 5.32 Å². The van der Waals surface area contributed by atoms with Crippen molar-refractivity contribution in [2.75, 3.05) is 5.32 Å². The summed E-state index contributed by atoms with van der Waals surface area (Å²) in [5.74, 6) is -0.967. The van der Waals surface area contributed by atoms with Gasteiger partial charge in [-0.15, -0.1) is 11.3 Å². The minimum Gasteiger partial charge on any atom is -0.476 e. The Balaban J connectivity index is 2.06. The van der Waals surface area contributed by atoms with Gasteiger partial charge in [-0.05, 0) is 19.3 Å². The third kappa shape index (κ3) is 2.36. The molecule has 0 radical (unpaired) electrons. The number of carboxylic acid groups (broad SMARTS) is 1. The van der Waals surface area contributed by atoms with E-state index in [0.717, 1.165) is 19.3 Å². The maximum absolute atomic E-state index is 10.8. The number of carbonyl (C=O) groups is 1. The van der Waals surface area contributed by atoms with Gasteiger partial charge in [0.05, 0.1) is 5.51 Å². The van der Waals surface area contributed by atoms with Gasteiger partial charge in [-0.2, -0.15) is 0 Å². The van der Waals surface area contributed by atoms with Gasteiger partial charge in [0.15, 0.2) is 5.69 Å². The molecule has 1 aliphatic rings. The number of nitrogens with zero attached hydrogens (tertiary/aromatic N) is 1. The van der Waals surface area contributed by atoms with Crippen LogP contribution in [0.2, 0.25) is 0 Å². The van der Waals surface area contributed by atoms with E-state index in [1.807, 2.05) is 0 Å². The number of allylic oxidation sites excluding steroid dienone is 1. The van der Waals surface area contributed by atoms with Crippen molar-refractivity contribution in [3.8, 4) is 0 Å². The standard InChI is InChI=1S/C10H12N2O2S/c13-10(14)8-9(15-6-11-8)12-7-4-2-1-3-5-7/h1-2,6-7,12H,3-5H2,(H,13,14). The molecule has 0 amide bonds. The van der Waals surface area contributed by atoms with E-state index < -0.39 is 5.97 Å². The Morgan fingerprint density at radius 3 is 3.13 bits per heavy atom. The zero-order valence-electron chi connectivity index (χ0n) is 8.14. The fourth-order valence-electron chi connectivity index (χ4n) is 1.61. The number of anilines is 1. The van der Waals surface area contributed by atoms with E-state index in [2.05, 4.69) is 22.5 Å². The summed E-state index contributed by atoms with van der Waals surface area (Å²) in [6.07, 6.45) is 7.34. The number of aromatic nitrogens is 1. The lowest BCUT2D eigenvalue weighted by atomic mass is 10.0. The predicted octanol–water partition coefficient (Wildman–Crippen LogP) is 2.36. The normalized spacial score (nSPS) is 20.1. The molecule has 0 bridgehead atoms. The van der Waals surface area contributed by atoms with Crippen LogP contribution in [0, 0.1) is 0 Å². The average molecular weight is 224 g/mol. The maximum atomic E-state index is 10.8. The average Bonchev–Trinajstić information content (AvgIpc) is 2.67. The third-order valence-electron chi connectivity index (χ3n) is 2.37. The van der Waals surface area contributed by atoms with E-state index in [9.17, 15) is 4.79 Å². The van der Waals surface area contributed by atoms with Crippen LogP contribution in [0.25, 0.3) is 0 Å². The second kappa shape index (κ2) is 4.44. The first-order valence-corrected chi connectivity index (χ1v) is 5.73. The zero-order chi connectivity index (χ0) is 10.7. The molecule has 1 aromatic rings. The van der Waals surface area contributed by atoms with E-state index in [1.165, 1.54) is 11.3 Å². The lowest BCUT2D eigenvalue weighted by Gasteiger charge is -2.19. The van der Waals surface area contributed by atoms with Crippen molar-refractivity contribution in [2.24, 2.45) is 0 Å². The Morgan fingerprint density at radius 1 is 1.60 bits per heavy atom. The van der Waals surface area contributed by atoms with E-state index in [0.29, 0.717) is 11.0 Å². The second-order valence-electron chi connectivity index (χ2n) is 3.46. The molecule has 4 nitrogen and oxygen atoms in total. The van der Waals surface area contributed by atoms with Crippen molar-refractivity contribution in [3.63, 3.8) is 0 Å². The van der Waals surface area contributed by atoms with Crippen molar-refractivity contribution < 1.29 is 9.90 Å². The molecule has 1 unspecified atom stereocenters. The molecule has 1 heterocycles. The molecule has 1 aromatic heterocycles. The molecule has 5 heteroatoms. The first-order chi connectivity index (χ1) is 7.27. The highest BCUT2D eigenvalue weighted by Crippen LogP contribution is 2.24. The molecule has 0 fully saturated rings. The summed E-state index contributed by atoms with van der Waals surface area (Å²) in [5.41, 5.74) is 1.69. The molecule has 0 aliphatic heterocycles. The summed E-state index contributed by atoms with van der Waals surface area (Å²) in [5, 5.41) is 12.8. The highest BCUT2D eigenvalue weighted by atomic mass is 32.1. The van der Waals surface area contributed by atoms with E-state index in [1.54, 1.807) is 5.51 Å². The summed E-state index contributed by atoms with van der Waals surface area (Å²) in [4.78, 5) is 14.6. The predicted molar refractivity (Wildman–Crippen MR) is 59.5 cm³/mol. The molecule has 15 heavy (non-hydrogen) atoms. The quantitative estimate of drug-likeness (QED) is 0.774. The highest BCUT2D eigenvalue weighted by Gasteiger charge is 2.17. The number of nitrogens with one attached hydrogen (secondary N) is 1. The summed E-state index contributed by atoms with van der Waals surface area (Å²) in [6, 6.07) is 0.341. The van der Waals surface area contributed by atoms with Gasteiger partial charge in [0.2, 0.25) is 0 Å². The van der Waals surface area contributed by atoms with Crippen molar-refractivity contribution in [3.05, 3.63) is 23.4 Å². The van der Waals surface area contributed by atoms with E-state index >= 15 is 0 Å². The maximum Gasteiger partial charge on any atom is 0.357 e. The van der Waals surface area contributed by atoms with Crippen LogP contribution in [-0.2, 0) is 0 Å². The zero-order valence-corrected chi connectivity index (χ0v) is 8.96. The molecule has 0 spiro atoms. The van der Waals surface area contributed by atoms with Crippen LogP contribution >= 0.6 is 11.3 Å². The van der Waals surface area contributed by atoms with Crippen molar-refractivity contribution >= 4 is 22.3 Å². The molecular weight excluding hydrogens is 212 g/mol. The fourth-order valence-corrected chi connectivity index (χ4v) is 2.36. The molecule has 0 saturated heterocycles. The van der Waals surface area contributed by atoms with Crippen molar-refractivity contribution in [1.82, 2.24) is 4.98 Å². The Labute approximate surface area is 91.7 Å². The molecule has 0 aromatic carbocycles. The topological polar surface area (TPSA) is 62.2 Å². The van der Waals surface area contributed by atoms with Gasteiger partial charge in [-0.25, -0.2) is 9.78 Å². The SMILES string of the molecule is O=C(O)c1ncsc1NC1CC=CCC1. The monoisotopic (exact) mass is 224 g/mol. The van der Waals surface area contributed by atoms with Crippen molar-refractivity contribution in [1.29, 1.82) is 0 Å². The van der Waals surface area contributed by atoms with Gasteiger partial charge in [0.1, 0.15) is 5.00 Å². The minimum absolute atomic E-state index is 0.134. The third-order valence-corrected chi connectivity index (χ3v) is 3.13. The van der Waals surface area contributed by atoms with Crippen LogP contribution in [0.1, 0.15) is 29.8 Å².